The molecule has 0 aromatic carbocycles. The Morgan fingerprint density at radius 1 is 1.78 bits per heavy atom. The molecule has 0 spiro atoms. The summed E-state index contributed by atoms with van der Waals surface area (Å²) in [6, 6.07) is 0. The second-order valence-corrected chi connectivity index (χ2v) is 1.73. The van der Waals surface area contributed by atoms with Crippen LogP contribution in [0.4, 0.5) is 0 Å². The largest absolute Gasteiger partial charge is 0.341 e. The number of carbonyl (C=O) groups is 2. The van der Waals surface area contributed by atoms with Gasteiger partial charge in [0.1, 0.15) is 5.71 Å². The summed E-state index contributed by atoms with van der Waals surface area (Å²) < 4.78 is 0. The van der Waals surface area contributed by atoms with E-state index in [0.29, 0.717) is 0 Å². The number of rotatable bonds is 1. The van der Waals surface area contributed by atoms with E-state index in [1.54, 1.807) is 0 Å². The second kappa shape index (κ2) is 1.97. The highest BCUT2D eigenvalue weighted by molar-refractivity contribution is 6.42. The van der Waals surface area contributed by atoms with Gasteiger partial charge in [-0.15, -0.1) is 0 Å². The zero-order valence-electron chi connectivity index (χ0n) is 4.88. The quantitative estimate of drug-likeness (QED) is 0.461. The Morgan fingerprint density at radius 2 is 2.44 bits per heavy atom. The van der Waals surface area contributed by atoms with E-state index in [9.17, 15) is 9.59 Å². The zero-order chi connectivity index (χ0) is 6.85. The molecule has 0 saturated heterocycles. The van der Waals surface area contributed by atoms with Crippen LogP contribution in [0.15, 0.2) is 5.16 Å². The van der Waals surface area contributed by atoms with Gasteiger partial charge in [0.25, 0.3) is 0 Å². The summed E-state index contributed by atoms with van der Waals surface area (Å²) in [6.45, 7) is 1.35. The highest BCUT2D eigenvalue weighted by Gasteiger charge is 2.20. The number of nitrogens with zero attached hydrogens (tertiary/aromatic N) is 1. The highest BCUT2D eigenvalue weighted by atomic mass is 16.7. The molecule has 9 heavy (non-hydrogen) atoms. The monoisotopic (exact) mass is 127 g/mol. The Morgan fingerprint density at radius 3 is 2.67 bits per heavy atom. The molecule has 0 aromatic rings. The zero-order valence-corrected chi connectivity index (χ0v) is 4.88. The van der Waals surface area contributed by atoms with Crippen LogP contribution >= 0.6 is 0 Å². The lowest BCUT2D eigenvalue weighted by atomic mass is 10.2. The van der Waals surface area contributed by atoms with Gasteiger partial charge in [-0.3, -0.25) is 4.79 Å². The third-order valence-electron chi connectivity index (χ3n) is 0.976. The van der Waals surface area contributed by atoms with Crippen LogP contribution in [-0.2, 0) is 14.4 Å². The van der Waals surface area contributed by atoms with E-state index < -0.39 is 5.97 Å². The Labute approximate surface area is 51.5 Å². The molecule has 0 fully saturated rings. The van der Waals surface area contributed by atoms with Gasteiger partial charge in [-0.05, 0) is 0 Å². The number of ketones is 1. The molecular weight excluding hydrogens is 122 g/mol. The van der Waals surface area contributed by atoms with Crippen molar-refractivity contribution in [3.63, 3.8) is 0 Å². The van der Waals surface area contributed by atoms with Crippen LogP contribution in [0.1, 0.15) is 13.3 Å². The Hall–Kier alpha value is -1.19. The minimum Gasteiger partial charge on any atom is -0.317 e. The lowest BCUT2D eigenvalue weighted by Gasteiger charge is -1.80. The minimum atomic E-state index is -0.458. The Kier molecular flexibility index (Phi) is 1.30. The molecule has 0 atom stereocenters. The van der Waals surface area contributed by atoms with Gasteiger partial charge >= 0.3 is 5.97 Å². The number of oxime groups is 1. The molecule has 0 aliphatic carbocycles. The summed E-state index contributed by atoms with van der Waals surface area (Å²) >= 11 is 0. The molecule has 1 rings (SSSR count). The predicted molar refractivity (Wildman–Crippen MR) is 28.8 cm³/mol. The third kappa shape index (κ3) is 1.13. The standard InChI is InChI=1S/C5H5NO3/c1-3(7)4-2-5(8)9-6-4/h2H2,1H3. The second-order valence-electron chi connectivity index (χ2n) is 1.73. The third-order valence-corrected chi connectivity index (χ3v) is 0.976. The van der Waals surface area contributed by atoms with Gasteiger partial charge < -0.3 is 4.84 Å². The first-order valence-electron chi connectivity index (χ1n) is 2.48. The smallest absolute Gasteiger partial charge is 0.317 e. The fourth-order valence-electron chi connectivity index (χ4n) is 0.496. The van der Waals surface area contributed by atoms with Crippen LogP contribution < -0.4 is 0 Å². The molecule has 1 heterocycles. The Balaban J connectivity index is 2.65. The average Bonchev–Trinajstić information content (AvgIpc) is 2.14. The van der Waals surface area contributed by atoms with E-state index in [4.69, 9.17) is 0 Å². The number of carbonyl (C=O) groups excluding carboxylic acids is 2. The lowest BCUT2D eigenvalue weighted by molar-refractivity contribution is -0.140. The average molecular weight is 127 g/mol. The molecule has 0 saturated carbocycles. The minimum absolute atomic E-state index is 0.0231. The Bertz CT molecular complexity index is 194. The fourth-order valence-corrected chi connectivity index (χ4v) is 0.496. The van der Waals surface area contributed by atoms with Crippen molar-refractivity contribution in [1.82, 2.24) is 0 Å². The van der Waals surface area contributed by atoms with Crippen molar-refractivity contribution in [2.24, 2.45) is 5.16 Å². The maximum Gasteiger partial charge on any atom is 0.341 e. The fraction of sp³-hybridized carbons (Fsp3) is 0.400. The molecule has 1 aliphatic heterocycles. The van der Waals surface area contributed by atoms with Gasteiger partial charge in [-0.25, -0.2) is 4.79 Å². The lowest BCUT2D eigenvalue weighted by Crippen LogP contribution is -2.07. The topological polar surface area (TPSA) is 55.7 Å². The number of hydrogen-bond donors (Lipinski definition) is 0. The van der Waals surface area contributed by atoms with E-state index in [-0.39, 0.29) is 17.9 Å². The van der Waals surface area contributed by atoms with Crippen LogP contribution in [0.3, 0.4) is 0 Å². The van der Waals surface area contributed by atoms with Crippen molar-refractivity contribution < 1.29 is 14.4 Å². The van der Waals surface area contributed by atoms with Gasteiger partial charge in [0.2, 0.25) is 0 Å². The molecule has 4 nitrogen and oxygen atoms in total. The molecule has 0 aromatic heterocycles. The van der Waals surface area contributed by atoms with E-state index in [1.807, 2.05) is 0 Å². The van der Waals surface area contributed by atoms with Crippen molar-refractivity contribution in [2.45, 2.75) is 13.3 Å². The highest BCUT2D eigenvalue weighted by Crippen LogP contribution is 2.01. The SMILES string of the molecule is CC(=O)C1=NOC(=O)C1. The van der Waals surface area contributed by atoms with E-state index >= 15 is 0 Å². The first-order chi connectivity index (χ1) is 4.20. The van der Waals surface area contributed by atoms with E-state index in [1.165, 1.54) is 6.92 Å². The van der Waals surface area contributed by atoms with Gasteiger partial charge in [0.05, 0.1) is 6.42 Å². The molecule has 1 aliphatic rings. The number of hydrogen-bond acceptors (Lipinski definition) is 4. The van der Waals surface area contributed by atoms with Crippen molar-refractivity contribution in [2.75, 3.05) is 0 Å². The van der Waals surface area contributed by atoms with Gasteiger partial charge in [0, 0.05) is 6.92 Å². The van der Waals surface area contributed by atoms with E-state index in [0.717, 1.165) is 0 Å². The summed E-state index contributed by atoms with van der Waals surface area (Å²) in [5.41, 5.74) is 0.208. The molecule has 0 amide bonds. The molecule has 0 bridgehead atoms. The van der Waals surface area contributed by atoms with Gasteiger partial charge in [0.15, 0.2) is 5.78 Å². The maximum atomic E-state index is 10.4. The normalized spacial score (nSPS) is 17.0. The van der Waals surface area contributed by atoms with Gasteiger partial charge in [-0.2, -0.15) is 0 Å². The van der Waals surface area contributed by atoms with Crippen LogP contribution in [0, 0.1) is 0 Å². The molecule has 48 valence electrons. The van der Waals surface area contributed by atoms with Crippen molar-refractivity contribution >= 4 is 17.5 Å². The number of Topliss-reactive ketones (excluding diaryl/α,β-unsaturated/α-hetero) is 1. The van der Waals surface area contributed by atoms with Crippen LogP contribution in [-0.4, -0.2) is 17.5 Å². The van der Waals surface area contributed by atoms with E-state index in [2.05, 4.69) is 9.99 Å². The summed E-state index contributed by atoms with van der Waals surface area (Å²) in [5.74, 6) is -0.666. The first kappa shape index (κ1) is 5.94. The van der Waals surface area contributed by atoms with Crippen LogP contribution in [0.2, 0.25) is 0 Å². The molecule has 4 heteroatoms. The summed E-state index contributed by atoms with van der Waals surface area (Å²) in [4.78, 5) is 24.9. The summed E-state index contributed by atoms with van der Waals surface area (Å²) in [6.07, 6.45) is 0.0231. The summed E-state index contributed by atoms with van der Waals surface area (Å²) in [7, 11) is 0. The molecule has 0 unspecified atom stereocenters. The molecule has 0 N–H and O–H groups in total. The van der Waals surface area contributed by atoms with Crippen LogP contribution in [0.5, 0.6) is 0 Å². The van der Waals surface area contributed by atoms with Crippen molar-refractivity contribution in [3.8, 4) is 0 Å². The molecule has 0 radical (unpaired) electrons. The van der Waals surface area contributed by atoms with Crippen molar-refractivity contribution in [1.29, 1.82) is 0 Å². The first-order valence-corrected chi connectivity index (χ1v) is 2.48. The molecular formula is C5H5NO3. The van der Waals surface area contributed by atoms with Gasteiger partial charge in [-0.1, -0.05) is 5.16 Å². The predicted octanol–water partition coefficient (Wildman–Crippen LogP) is -0.122. The summed E-state index contributed by atoms with van der Waals surface area (Å²) in [5, 5.41) is 3.23. The maximum absolute atomic E-state index is 10.4. The van der Waals surface area contributed by atoms with Crippen LogP contribution in [0.25, 0.3) is 0 Å². The van der Waals surface area contributed by atoms with Crippen molar-refractivity contribution in [3.05, 3.63) is 0 Å².